The zero-order chi connectivity index (χ0) is 24.3. The average Bonchev–Trinajstić information content (AvgIpc) is 3.40. The van der Waals surface area contributed by atoms with Crippen LogP contribution >= 0.6 is 0 Å². The highest BCUT2D eigenvalue weighted by atomic mass is 19.1. The predicted molar refractivity (Wildman–Crippen MR) is 127 cm³/mol. The van der Waals surface area contributed by atoms with Crippen molar-refractivity contribution in [2.45, 2.75) is 33.4 Å². The summed E-state index contributed by atoms with van der Waals surface area (Å²) in [6.07, 6.45) is 1.62. The van der Waals surface area contributed by atoms with Crippen LogP contribution in [0.25, 0.3) is 22.8 Å². The molecule has 3 aromatic rings. The Morgan fingerprint density at radius 3 is 2.68 bits per heavy atom. The molecule has 2 amide bonds. The number of benzene rings is 1. The van der Waals surface area contributed by atoms with Crippen LogP contribution in [0.3, 0.4) is 0 Å². The van der Waals surface area contributed by atoms with Gasteiger partial charge in [-0.2, -0.15) is 5.10 Å². The van der Waals surface area contributed by atoms with Crippen LogP contribution in [0.2, 0.25) is 0 Å². The number of amides is 2. The highest BCUT2D eigenvalue weighted by molar-refractivity contribution is 6.35. The van der Waals surface area contributed by atoms with E-state index in [1.165, 1.54) is 6.07 Å². The van der Waals surface area contributed by atoms with Crippen molar-refractivity contribution in [3.05, 3.63) is 57.9 Å². The van der Waals surface area contributed by atoms with Gasteiger partial charge in [0.05, 0.1) is 47.5 Å². The number of ether oxygens (including phenoxy) is 1. The molecule has 2 aromatic heterocycles. The van der Waals surface area contributed by atoms with E-state index in [2.05, 4.69) is 15.4 Å². The maximum absolute atomic E-state index is 15.2. The van der Waals surface area contributed by atoms with Gasteiger partial charge in [-0.05, 0) is 50.6 Å². The van der Waals surface area contributed by atoms with E-state index in [4.69, 9.17) is 4.74 Å². The van der Waals surface area contributed by atoms with Gasteiger partial charge in [0.25, 0.3) is 11.8 Å². The Morgan fingerprint density at radius 2 is 1.91 bits per heavy atom. The predicted octanol–water partition coefficient (Wildman–Crippen LogP) is 3.65. The number of likely N-dealkylation sites (N-methyl/N-ethyl adjacent to an activating group) is 1. The molecule has 34 heavy (non-hydrogen) atoms. The summed E-state index contributed by atoms with van der Waals surface area (Å²) in [6.45, 7) is 6.17. The minimum atomic E-state index is -0.531. The van der Waals surface area contributed by atoms with Gasteiger partial charge < -0.3 is 19.9 Å². The van der Waals surface area contributed by atoms with Crippen LogP contribution in [0, 0.1) is 19.7 Å². The van der Waals surface area contributed by atoms with Gasteiger partial charge in [-0.3, -0.25) is 14.3 Å². The maximum Gasteiger partial charge on any atom is 0.256 e. The number of aromatic nitrogens is 3. The molecule has 0 fully saturated rings. The van der Waals surface area contributed by atoms with E-state index >= 15 is 4.39 Å². The fraction of sp³-hybridized carbons (Fsp3) is 0.320. The third-order valence-electron chi connectivity index (χ3n) is 6.64. The maximum atomic E-state index is 15.2. The molecule has 9 heteroatoms. The van der Waals surface area contributed by atoms with Crippen LogP contribution in [0.15, 0.2) is 18.2 Å². The summed E-state index contributed by atoms with van der Waals surface area (Å²) < 4.78 is 22.9. The Morgan fingerprint density at radius 1 is 1.15 bits per heavy atom. The van der Waals surface area contributed by atoms with E-state index in [-0.39, 0.29) is 29.8 Å². The van der Waals surface area contributed by atoms with Crippen molar-refractivity contribution in [2.75, 3.05) is 19.0 Å². The first kappa shape index (κ1) is 22.1. The standard InChI is InChI=1S/C25H26FN5O3/c1-12-6-18-20(27-12)9-17-16-7-15(8-19(26)23(16)28-24(17)32)22-14(3)31(5)29-21(22)11-34-10-13(2)30(4)25(18)33/h6-9,13,27H,10-11H2,1-5H3,(H,28,32)/b17-9-. The van der Waals surface area contributed by atoms with Gasteiger partial charge in [0.2, 0.25) is 0 Å². The van der Waals surface area contributed by atoms with Gasteiger partial charge >= 0.3 is 0 Å². The number of H-pyrrole nitrogens is 1. The zero-order valence-corrected chi connectivity index (χ0v) is 19.7. The molecule has 0 aliphatic carbocycles. The third kappa shape index (κ3) is 3.43. The molecule has 2 bridgehead atoms. The number of rotatable bonds is 0. The summed E-state index contributed by atoms with van der Waals surface area (Å²) in [6, 6.07) is 4.76. The second-order valence-electron chi connectivity index (χ2n) is 8.98. The molecule has 0 saturated carbocycles. The lowest BCUT2D eigenvalue weighted by molar-refractivity contribution is -0.110. The highest BCUT2D eigenvalue weighted by Crippen LogP contribution is 2.40. The lowest BCUT2D eigenvalue weighted by Crippen LogP contribution is -2.38. The molecule has 1 unspecified atom stereocenters. The molecule has 1 aromatic carbocycles. The van der Waals surface area contributed by atoms with E-state index < -0.39 is 11.7 Å². The van der Waals surface area contributed by atoms with Gasteiger partial charge in [-0.25, -0.2) is 4.39 Å². The lowest BCUT2D eigenvalue weighted by atomic mass is 9.97. The normalized spacial score (nSPS) is 19.6. The summed E-state index contributed by atoms with van der Waals surface area (Å²) >= 11 is 0. The second kappa shape index (κ2) is 7.95. The van der Waals surface area contributed by atoms with Gasteiger partial charge in [-0.1, -0.05) is 0 Å². The zero-order valence-electron chi connectivity index (χ0n) is 19.7. The van der Waals surface area contributed by atoms with Gasteiger partial charge in [0.1, 0.15) is 5.82 Å². The number of hydrogen-bond acceptors (Lipinski definition) is 4. The number of aryl methyl sites for hydroxylation is 2. The number of aromatic amines is 1. The number of nitrogens with zero attached hydrogens (tertiary/aromatic N) is 3. The van der Waals surface area contributed by atoms with E-state index in [1.54, 1.807) is 34.8 Å². The third-order valence-corrected chi connectivity index (χ3v) is 6.64. The van der Waals surface area contributed by atoms with Crippen LogP contribution in [0.5, 0.6) is 0 Å². The van der Waals surface area contributed by atoms with Crippen molar-refractivity contribution < 1.29 is 18.7 Å². The first-order valence-electron chi connectivity index (χ1n) is 11.1. The smallest absolute Gasteiger partial charge is 0.256 e. The van der Waals surface area contributed by atoms with Crippen LogP contribution in [0.4, 0.5) is 10.1 Å². The molecule has 2 N–H and O–H groups in total. The van der Waals surface area contributed by atoms with Gasteiger partial charge in [-0.15, -0.1) is 0 Å². The Balaban J connectivity index is 1.77. The fourth-order valence-corrected chi connectivity index (χ4v) is 4.56. The van der Waals surface area contributed by atoms with Crippen LogP contribution < -0.4 is 5.32 Å². The number of carbonyl (C=O) groups excluding carboxylic acids is 2. The first-order chi connectivity index (χ1) is 16.2. The number of carbonyl (C=O) groups is 2. The summed E-state index contributed by atoms with van der Waals surface area (Å²) in [5.41, 5.74) is 5.48. The summed E-state index contributed by atoms with van der Waals surface area (Å²) in [5.74, 6) is -1.15. The van der Waals surface area contributed by atoms with Crippen molar-refractivity contribution in [3.63, 3.8) is 0 Å². The average molecular weight is 464 g/mol. The summed E-state index contributed by atoms with van der Waals surface area (Å²) in [5, 5.41) is 7.21. The molecule has 5 rings (SSSR count). The van der Waals surface area contributed by atoms with Crippen LogP contribution in [0.1, 0.15) is 45.6 Å². The Bertz CT molecular complexity index is 1380. The van der Waals surface area contributed by atoms with Crippen LogP contribution in [-0.4, -0.2) is 51.2 Å². The Hall–Kier alpha value is -3.72. The number of anilines is 1. The molecule has 0 spiro atoms. The van der Waals surface area contributed by atoms with E-state index in [1.807, 2.05) is 27.8 Å². The van der Waals surface area contributed by atoms with E-state index in [0.717, 1.165) is 17.0 Å². The minimum absolute atomic E-state index is 0.130. The van der Waals surface area contributed by atoms with Crippen molar-refractivity contribution >= 4 is 29.2 Å². The summed E-state index contributed by atoms with van der Waals surface area (Å²) in [4.78, 5) is 31.0. The highest BCUT2D eigenvalue weighted by Gasteiger charge is 2.31. The monoisotopic (exact) mass is 463 g/mol. The van der Waals surface area contributed by atoms with Crippen molar-refractivity contribution in [1.82, 2.24) is 19.7 Å². The van der Waals surface area contributed by atoms with Gasteiger partial charge in [0, 0.05) is 36.6 Å². The largest absolute Gasteiger partial charge is 0.373 e. The van der Waals surface area contributed by atoms with Crippen molar-refractivity contribution in [3.8, 4) is 11.1 Å². The molecule has 176 valence electrons. The molecular weight excluding hydrogens is 437 g/mol. The minimum Gasteiger partial charge on any atom is -0.373 e. The molecule has 2 aliphatic rings. The van der Waals surface area contributed by atoms with Crippen molar-refractivity contribution in [1.29, 1.82) is 0 Å². The molecule has 4 heterocycles. The quantitative estimate of drug-likeness (QED) is 0.532. The topological polar surface area (TPSA) is 92.2 Å². The van der Waals surface area contributed by atoms with Crippen molar-refractivity contribution in [2.24, 2.45) is 7.05 Å². The molecule has 0 radical (unpaired) electrons. The van der Waals surface area contributed by atoms with Crippen LogP contribution in [-0.2, 0) is 23.2 Å². The number of hydrogen-bond donors (Lipinski definition) is 2. The molecule has 2 aliphatic heterocycles. The fourth-order valence-electron chi connectivity index (χ4n) is 4.56. The lowest BCUT2D eigenvalue weighted by Gasteiger charge is -2.25. The Labute approximate surface area is 196 Å². The molecule has 1 atom stereocenters. The molecule has 8 nitrogen and oxygen atoms in total. The SMILES string of the molecule is Cc1cc2c([nH]1)/C=C1\C(=O)Nc3c(F)cc(cc31)-c1c(nn(C)c1C)COCC(C)N(C)C2=O. The van der Waals surface area contributed by atoms with E-state index in [9.17, 15) is 9.59 Å². The second-order valence-corrected chi connectivity index (χ2v) is 8.98. The van der Waals surface area contributed by atoms with E-state index in [0.29, 0.717) is 34.7 Å². The summed E-state index contributed by atoms with van der Waals surface area (Å²) in [7, 11) is 3.55. The first-order valence-corrected chi connectivity index (χ1v) is 11.1. The Kier molecular flexibility index (Phi) is 5.16. The number of nitrogens with one attached hydrogen (secondary N) is 2. The van der Waals surface area contributed by atoms with Gasteiger partial charge in [0.15, 0.2) is 0 Å². The number of fused-ring (bicyclic) bond motifs is 4. The number of halogens is 1. The molecule has 0 saturated heterocycles. The molecular formula is C25H26FN5O3.